The third kappa shape index (κ3) is 2.36. The number of benzene rings is 1. The van der Waals surface area contributed by atoms with Crippen LogP contribution in [-0.2, 0) is 7.05 Å². The molecule has 0 aliphatic carbocycles. The largest absolute Gasteiger partial charge is 0.361 e. The first-order chi connectivity index (χ1) is 11.2. The number of aromatic nitrogens is 2. The first-order valence-electron chi connectivity index (χ1n) is 7.90. The van der Waals surface area contributed by atoms with Crippen LogP contribution < -0.4 is 0 Å². The van der Waals surface area contributed by atoms with E-state index in [-0.39, 0.29) is 5.91 Å². The zero-order valence-corrected chi connectivity index (χ0v) is 13.1. The predicted molar refractivity (Wildman–Crippen MR) is 92.2 cm³/mol. The van der Waals surface area contributed by atoms with Crippen molar-refractivity contribution in [2.45, 2.75) is 6.42 Å². The summed E-state index contributed by atoms with van der Waals surface area (Å²) in [6.45, 7) is 1.42. The van der Waals surface area contributed by atoms with Crippen LogP contribution in [0.25, 0.3) is 16.5 Å². The molecular formula is C19H19N3O. The average molecular weight is 305 g/mol. The Hall–Kier alpha value is -2.75. The maximum atomic E-state index is 12.6. The first kappa shape index (κ1) is 13.9. The second-order valence-electron chi connectivity index (χ2n) is 5.98. The fraction of sp³-hybridized carbons (Fsp3) is 0.211. The summed E-state index contributed by atoms with van der Waals surface area (Å²) in [7, 11) is 1.91. The topological polar surface area (TPSA) is 41.0 Å². The Balaban J connectivity index is 1.58. The molecule has 1 amide bonds. The van der Waals surface area contributed by atoms with Crippen LogP contribution >= 0.6 is 0 Å². The molecule has 1 aromatic carbocycles. The fourth-order valence-corrected chi connectivity index (χ4v) is 3.28. The van der Waals surface area contributed by atoms with Crippen molar-refractivity contribution in [3.63, 3.8) is 0 Å². The lowest BCUT2D eigenvalue weighted by atomic mass is 9.99. The number of para-hydroxylation sites is 1. The van der Waals surface area contributed by atoms with Gasteiger partial charge in [-0.2, -0.15) is 0 Å². The van der Waals surface area contributed by atoms with E-state index in [0.717, 1.165) is 24.2 Å². The van der Waals surface area contributed by atoms with Gasteiger partial charge >= 0.3 is 0 Å². The van der Waals surface area contributed by atoms with Gasteiger partial charge in [-0.3, -0.25) is 4.79 Å². The summed E-state index contributed by atoms with van der Waals surface area (Å²) >= 11 is 0. The van der Waals surface area contributed by atoms with E-state index in [0.29, 0.717) is 6.54 Å². The third-order valence-corrected chi connectivity index (χ3v) is 4.59. The van der Waals surface area contributed by atoms with Gasteiger partial charge in [0.05, 0.1) is 0 Å². The zero-order chi connectivity index (χ0) is 15.8. The molecule has 23 heavy (non-hydrogen) atoms. The number of hydrogen-bond acceptors (Lipinski definition) is 1. The lowest BCUT2D eigenvalue weighted by molar-refractivity contribution is 0.0763. The maximum absolute atomic E-state index is 12.6. The number of rotatable bonds is 2. The number of carbonyl (C=O) groups excluding carboxylic acids is 1. The average Bonchev–Trinajstić information content (AvgIpc) is 3.20. The molecule has 116 valence electrons. The number of H-pyrrole nitrogens is 1. The fourth-order valence-electron chi connectivity index (χ4n) is 3.28. The second-order valence-corrected chi connectivity index (χ2v) is 5.98. The molecule has 0 radical (unpaired) electrons. The van der Waals surface area contributed by atoms with E-state index in [1.807, 2.05) is 40.9 Å². The van der Waals surface area contributed by atoms with E-state index in [1.165, 1.54) is 16.5 Å². The van der Waals surface area contributed by atoms with Gasteiger partial charge in [0.1, 0.15) is 5.69 Å². The van der Waals surface area contributed by atoms with Gasteiger partial charge in [0, 0.05) is 49.0 Å². The standard InChI is InChI=1S/C19H19N3O/c1-21-10-4-7-18(21)19(23)22-11-8-14(9-12-22)16-13-20-17-6-3-2-5-15(16)17/h2-8,10,13,20H,9,11-12H2,1H3. The highest BCUT2D eigenvalue weighted by molar-refractivity contribution is 5.95. The molecule has 0 saturated carbocycles. The monoisotopic (exact) mass is 305 g/mol. The van der Waals surface area contributed by atoms with Crippen molar-refractivity contribution in [3.05, 3.63) is 66.1 Å². The summed E-state index contributed by atoms with van der Waals surface area (Å²) in [4.78, 5) is 17.8. The molecule has 1 N–H and O–H groups in total. The van der Waals surface area contributed by atoms with Crippen LogP contribution in [0.3, 0.4) is 0 Å². The van der Waals surface area contributed by atoms with Crippen molar-refractivity contribution < 1.29 is 4.79 Å². The predicted octanol–water partition coefficient (Wildman–Crippen LogP) is 3.44. The molecular weight excluding hydrogens is 286 g/mol. The van der Waals surface area contributed by atoms with Gasteiger partial charge in [0.2, 0.25) is 0 Å². The van der Waals surface area contributed by atoms with E-state index in [9.17, 15) is 4.79 Å². The minimum absolute atomic E-state index is 0.103. The van der Waals surface area contributed by atoms with Gasteiger partial charge in [-0.05, 0) is 30.2 Å². The Morgan fingerprint density at radius 2 is 2.04 bits per heavy atom. The van der Waals surface area contributed by atoms with Crippen molar-refractivity contribution in [1.82, 2.24) is 14.5 Å². The molecule has 0 saturated heterocycles. The summed E-state index contributed by atoms with van der Waals surface area (Å²) in [5.41, 5.74) is 4.48. The molecule has 4 heteroatoms. The van der Waals surface area contributed by atoms with Crippen molar-refractivity contribution in [2.24, 2.45) is 7.05 Å². The SMILES string of the molecule is Cn1cccc1C(=O)N1CC=C(c2c[nH]c3ccccc23)CC1. The molecule has 0 bridgehead atoms. The molecule has 4 nitrogen and oxygen atoms in total. The van der Waals surface area contributed by atoms with Gasteiger partial charge in [-0.1, -0.05) is 24.3 Å². The minimum Gasteiger partial charge on any atom is -0.361 e. The first-order valence-corrected chi connectivity index (χ1v) is 7.90. The van der Waals surface area contributed by atoms with E-state index in [1.54, 1.807) is 0 Å². The third-order valence-electron chi connectivity index (χ3n) is 4.59. The maximum Gasteiger partial charge on any atom is 0.270 e. The molecule has 4 rings (SSSR count). The van der Waals surface area contributed by atoms with Crippen LogP contribution in [0, 0.1) is 0 Å². The van der Waals surface area contributed by atoms with Crippen LogP contribution in [0.15, 0.2) is 54.9 Å². The summed E-state index contributed by atoms with van der Waals surface area (Å²) in [6.07, 6.45) is 7.05. The van der Waals surface area contributed by atoms with Crippen molar-refractivity contribution >= 4 is 22.4 Å². The smallest absolute Gasteiger partial charge is 0.270 e. The normalized spacial score (nSPS) is 15.0. The number of nitrogens with one attached hydrogen (secondary N) is 1. The molecule has 3 heterocycles. The van der Waals surface area contributed by atoms with Crippen LogP contribution in [0.4, 0.5) is 0 Å². The summed E-state index contributed by atoms with van der Waals surface area (Å²) in [6, 6.07) is 12.1. The Labute approximate surface area is 135 Å². The Morgan fingerprint density at radius 3 is 2.78 bits per heavy atom. The number of hydrogen-bond donors (Lipinski definition) is 1. The van der Waals surface area contributed by atoms with Crippen LogP contribution in [-0.4, -0.2) is 33.4 Å². The number of amides is 1. The van der Waals surface area contributed by atoms with Gasteiger partial charge in [0.25, 0.3) is 5.91 Å². The number of fused-ring (bicyclic) bond motifs is 1. The van der Waals surface area contributed by atoms with Gasteiger partial charge in [0.15, 0.2) is 0 Å². The lowest BCUT2D eigenvalue weighted by Gasteiger charge is -2.26. The summed E-state index contributed by atoms with van der Waals surface area (Å²) in [5.74, 6) is 0.103. The molecule has 2 aromatic heterocycles. The highest BCUT2D eigenvalue weighted by Crippen LogP contribution is 2.29. The molecule has 0 fully saturated rings. The number of aromatic amines is 1. The number of aryl methyl sites for hydroxylation is 1. The summed E-state index contributed by atoms with van der Waals surface area (Å²) in [5, 5.41) is 1.25. The van der Waals surface area contributed by atoms with Crippen molar-refractivity contribution in [1.29, 1.82) is 0 Å². The minimum atomic E-state index is 0.103. The van der Waals surface area contributed by atoms with E-state index >= 15 is 0 Å². The molecule has 1 aliphatic heterocycles. The lowest BCUT2D eigenvalue weighted by Crippen LogP contribution is -2.35. The van der Waals surface area contributed by atoms with Gasteiger partial charge in [-0.25, -0.2) is 0 Å². The molecule has 0 atom stereocenters. The molecule has 0 spiro atoms. The molecule has 0 unspecified atom stereocenters. The van der Waals surface area contributed by atoms with E-state index in [2.05, 4.69) is 35.5 Å². The molecule has 3 aromatic rings. The van der Waals surface area contributed by atoms with Crippen molar-refractivity contribution in [3.8, 4) is 0 Å². The Bertz CT molecular complexity index is 900. The van der Waals surface area contributed by atoms with Crippen LogP contribution in [0.1, 0.15) is 22.5 Å². The van der Waals surface area contributed by atoms with Gasteiger partial charge in [-0.15, -0.1) is 0 Å². The molecule has 1 aliphatic rings. The summed E-state index contributed by atoms with van der Waals surface area (Å²) < 4.78 is 1.88. The van der Waals surface area contributed by atoms with Crippen LogP contribution in [0.2, 0.25) is 0 Å². The Kier molecular flexibility index (Phi) is 3.30. The quantitative estimate of drug-likeness (QED) is 0.774. The van der Waals surface area contributed by atoms with Crippen molar-refractivity contribution in [2.75, 3.05) is 13.1 Å². The number of nitrogens with zero attached hydrogens (tertiary/aromatic N) is 2. The highest BCUT2D eigenvalue weighted by Gasteiger charge is 2.21. The van der Waals surface area contributed by atoms with Crippen LogP contribution in [0.5, 0.6) is 0 Å². The zero-order valence-electron chi connectivity index (χ0n) is 13.1. The highest BCUT2D eigenvalue weighted by atomic mass is 16.2. The van der Waals surface area contributed by atoms with Gasteiger partial charge < -0.3 is 14.5 Å². The Morgan fingerprint density at radius 1 is 1.17 bits per heavy atom. The number of carbonyl (C=O) groups is 1. The van der Waals surface area contributed by atoms with E-state index < -0.39 is 0 Å². The van der Waals surface area contributed by atoms with E-state index in [4.69, 9.17) is 0 Å². The second kappa shape index (κ2) is 5.47.